The molecule has 0 heterocycles. The van der Waals surface area contributed by atoms with Crippen LogP contribution in [0, 0.1) is 5.92 Å². The van der Waals surface area contributed by atoms with Gasteiger partial charge in [0.2, 0.25) is 0 Å². The topological polar surface area (TPSA) is 63.6 Å². The number of carbonyl (C=O) groups is 2. The summed E-state index contributed by atoms with van der Waals surface area (Å²) in [5, 5.41) is 9.05. The predicted molar refractivity (Wildman–Crippen MR) is 176 cm³/mol. The molecule has 0 aromatic rings. The molecule has 4 heteroatoms. The van der Waals surface area contributed by atoms with Crippen molar-refractivity contribution in [3.8, 4) is 0 Å². The van der Waals surface area contributed by atoms with E-state index in [-0.39, 0.29) is 12.4 Å². The Balaban J connectivity index is 3.33. The number of carboxylic acid groups (broad SMARTS) is 1. The first-order valence-electron chi connectivity index (χ1n) is 18.1. The quantitative estimate of drug-likeness (QED) is 0.0478. The van der Waals surface area contributed by atoms with E-state index in [9.17, 15) is 9.59 Å². The van der Waals surface area contributed by atoms with Crippen LogP contribution in [0.5, 0.6) is 0 Å². The summed E-state index contributed by atoms with van der Waals surface area (Å²) in [6.07, 6.45) is 41.0. The van der Waals surface area contributed by atoms with Crippen LogP contribution >= 0.6 is 0 Å². The maximum absolute atomic E-state index is 12.0. The third-order valence-electron chi connectivity index (χ3n) is 8.27. The second kappa shape index (κ2) is 33.2. The second-order valence-electron chi connectivity index (χ2n) is 12.4. The minimum atomic E-state index is -0.916. The Morgan fingerprint density at radius 1 is 0.537 bits per heavy atom. The molecular formula is C37H70O4. The van der Waals surface area contributed by atoms with E-state index in [2.05, 4.69) is 19.1 Å². The van der Waals surface area contributed by atoms with Crippen LogP contribution in [0.4, 0.5) is 0 Å². The highest BCUT2D eigenvalue weighted by Gasteiger charge is 2.22. The number of aliphatic carboxylic acids is 1. The van der Waals surface area contributed by atoms with E-state index in [1.165, 1.54) is 154 Å². The molecule has 0 radical (unpaired) electrons. The van der Waals surface area contributed by atoms with Gasteiger partial charge < -0.3 is 9.84 Å². The molecule has 4 nitrogen and oxygen atoms in total. The number of esters is 1. The van der Waals surface area contributed by atoms with Gasteiger partial charge >= 0.3 is 11.9 Å². The van der Waals surface area contributed by atoms with Gasteiger partial charge in [0.25, 0.3) is 0 Å². The molecule has 41 heavy (non-hydrogen) atoms. The molecule has 0 amide bonds. The summed E-state index contributed by atoms with van der Waals surface area (Å²) in [6, 6.07) is 0. The smallest absolute Gasteiger partial charge is 0.309 e. The van der Waals surface area contributed by atoms with E-state index in [1.54, 1.807) is 0 Å². The number of rotatable bonds is 33. The largest absolute Gasteiger partial charge is 0.481 e. The van der Waals surface area contributed by atoms with E-state index in [0.717, 1.165) is 19.3 Å². The van der Waals surface area contributed by atoms with Crippen LogP contribution in [0.2, 0.25) is 0 Å². The first-order valence-corrected chi connectivity index (χ1v) is 18.1. The molecule has 1 N–H and O–H groups in total. The van der Waals surface area contributed by atoms with Crippen LogP contribution in [0.1, 0.15) is 200 Å². The van der Waals surface area contributed by atoms with Gasteiger partial charge in [0.15, 0.2) is 0 Å². The number of carbonyl (C=O) groups excluding carboxylic acids is 1. The minimum Gasteiger partial charge on any atom is -0.481 e. The van der Waals surface area contributed by atoms with Crippen LogP contribution in [-0.4, -0.2) is 23.7 Å². The maximum atomic E-state index is 12.0. The molecule has 1 unspecified atom stereocenters. The summed E-state index contributed by atoms with van der Waals surface area (Å²) < 4.78 is 5.16. The minimum absolute atomic E-state index is 0.112. The molecule has 0 aliphatic rings. The van der Waals surface area contributed by atoms with Crippen molar-refractivity contribution >= 4 is 11.9 Å². The van der Waals surface area contributed by atoms with Gasteiger partial charge in [0, 0.05) is 0 Å². The predicted octanol–water partition coefficient (Wildman–Crippen LogP) is 12.1. The van der Waals surface area contributed by atoms with Crippen molar-refractivity contribution in [2.45, 2.75) is 200 Å². The van der Waals surface area contributed by atoms with E-state index >= 15 is 0 Å². The van der Waals surface area contributed by atoms with Crippen LogP contribution in [0.25, 0.3) is 0 Å². The van der Waals surface area contributed by atoms with Crippen molar-refractivity contribution in [2.75, 3.05) is 6.61 Å². The Morgan fingerprint density at radius 2 is 0.902 bits per heavy atom. The second-order valence-corrected chi connectivity index (χ2v) is 12.4. The number of hydrogen-bond acceptors (Lipinski definition) is 3. The summed E-state index contributed by atoms with van der Waals surface area (Å²) in [4.78, 5) is 23.1. The highest BCUT2D eigenvalue weighted by Crippen LogP contribution is 2.18. The Kier molecular flexibility index (Phi) is 32.1. The van der Waals surface area contributed by atoms with E-state index in [4.69, 9.17) is 9.84 Å². The van der Waals surface area contributed by atoms with Crippen molar-refractivity contribution < 1.29 is 19.4 Å². The Labute approximate surface area is 255 Å². The first kappa shape index (κ1) is 39.7. The number of unbranched alkanes of at least 4 members (excludes halogenated alkanes) is 24. The number of hydrogen-bond donors (Lipinski definition) is 1. The lowest BCUT2D eigenvalue weighted by atomic mass is 9.97. The summed E-state index contributed by atoms with van der Waals surface area (Å²) >= 11 is 0. The van der Waals surface area contributed by atoms with Crippen molar-refractivity contribution in [2.24, 2.45) is 5.92 Å². The lowest BCUT2D eigenvalue weighted by Crippen LogP contribution is -2.21. The highest BCUT2D eigenvalue weighted by molar-refractivity contribution is 5.79. The van der Waals surface area contributed by atoms with Gasteiger partial charge in [-0.15, -0.1) is 0 Å². The molecule has 242 valence electrons. The van der Waals surface area contributed by atoms with E-state index in [1.807, 2.05) is 6.92 Å². The van der Waals surface area contributed by atoms with Crippen molar-refractivity contribution in [1.82, 2.24) is 0 Å². The van der Waals surface area contributed by atoms with Gasteiger partial charge in [-0.2, -0.15) is 0 Å². The average molecular weight is 579 g/mol. The van der Waals surface area contributed by atoms with Gasteiger partial charge in [-0.3, -0.25) is 9.59 Å². The number of carboxylic acids is 1. The molecule has 0 fully saturated rings. The fourth-order valence-corrected chi connectivity index (χ4v) is 5.59. The van der Waals surface area contributed by atoms with Crippen LogP contribution < -0.4 is 0 Å². The third-order valence-corrected chi connectivity index (χ3v) is 8.27. The molecular weight excluding hydrogens is 508 g/mol. The molecule has 0 aromatic heterocycles. The Bertz CT molecular complexity index is 585. The summed E-state index contributed by atoms with van der Waals surface area (Å²) in [6.45, 7) is 4.62. The fourth-order valence-electron chi connectivity index (χ4n) is 5.59. The molecule has 0 aromatic carbocycles. The van der Waals surface area contributed by atoms with E-state index in [0.29, 0.717) is 13.0 Å². The summed E-state index contributed by atoms with van der Waals surface area (Å²) in [7, 11) is 0. The van der Waals surface area contributed by atoms with Gasteiger partial charge in [-0.1, -0.05) is 167 Å². The molecule has 0 spiro atoms. The fraction of sp³-hybridized carbons (Fsp3) is 0.892. The molecule has 0 bridgehead atoms. The van der Waals surface area contributed by atoms with Crippen LogP contribution in [-0.2, 0) is 14.3 Å². The van der Waals surface area contributed by atoms with Gasteiger partial charge in [-0.25, -0.2) is 0 Å². The van der Waals surface area contributed by atoms with Crippen molar-refractivity contribution in [1.29, 1.82) is 0 Å². The Morgan fingerprint density at radius 3 is 1.27 bits per heavy atom. The zero-order chi connectivity index (χ0) is 30.1. The van der Waals surface area contributed by atoms with Crippen LogP contribution in [0.3, 0.4) is 0 Å². The lowest BCUT2D eigenvalue weighted by Gasteiger charge is -2.13. The van der Waals surface area contributed by atoms with E-state index < -0.39 is 11.9 Å². The highest BCUT2D eigenvalue weighted by atomic mass is 16.5. The summed E-state index contributed by atoms with van der Waals surface area (Å²) in [5.74, 6) is -1.74. The molecule has 0 saturated carbocycles. The zero-order valence-electron chi connectivity index (χ0n) is 27.6. The standard InChI is InChI=1S/C37H70O4/c1-3-5-6-7-8-9-10-11-12-13-14-15-16-17-18-19-20-21-22-23-24-25-26-27-28-29-30-31-32-35(34-36(38)39)37(40)41-33-4-2/h16-17,35H,3-15,18-34H2,1-2H3,(H,38,39)/b17-16+. The van der Waals surface area contributed by atoms with Crippen LogP contribution in [0.15, 0.2) is 12.2 Å². The maximum Gasteiger partial charge on any atom is 0.309 e. The zero-order valence-corrected chi connectivity index (χ0v) is 27.6. The molecule has 0 aliphatic heterocycles. The van der Waals surface area contributed by atoms with Crippen molar-refractivity contribution in [3.63, 3.8) is 0 Å². The van der Waals surface area contributed by atoms with Gasteiger partial charge in [0.1, 0.15) is 0 Å². The van der Waals surface area contributed by atoms with Gasteiger partial charge in [-0.05, 0) is 38.5 Å². The first-order chi connectivity index (χ1) is 20.1. The number of allylic oxidation sites excluding steroid dienone is 2. The molecule has 0 aliphatic carbocycles. The SMILES string of the molecule is CCCCCCCCCCCCC/C=C/CCCCCCCCCCCCCCCC(CC(=O)O)C(=O)OCCC. The molecule has 0 rings (SSSR count). The summed E-state index contributed by atoms with van der Waals surface area (Å²) in [5.41, 5.74) is 0. The molecule has 0 saturated heterocycles. The Hall–Kier alpha value is -1.32. The van der Waals surface area contributed by atoms with Crippen molar-refractivity contribution in [3.05, 3.63) is 12.2 Å². The average Bonchev–Trinajstić information content (AvgIpc) is 2.96. The monoisotopic (exact) mass is 579 g/mol. The van der Waals surface area contributed by atoms with Gasteiger partial charge in [0.05, 0.1) is 18.9 Å². The number of ether oxygens (including phenoxy) is 1. The normalized spacial score (nSPS) is 12.2. The lowest BCUT2D eigenvalue weighted by molar-refractivity contribution is -0.153. The third kappa shape index (κ3) is 31.4. The molecule has 1 atom stereocenters.